The third-order valence-corrected chi connectivity index (χ3v) is 11.4. The van der Waals surface area contributed by atoms with Gasteiger partial charge in [-0.25, -0.2) is 0 Å². The van der Waals surface area contributed by atoms with Crippen LogP contribution in [0.15, 0.2) is 127 Å². The first-order chi connectivity index (χ1) is 23.7. The van der Waals surface area contributed by atoms with Gasteiger partial charge in [0.05, 0.1) is 22.7 Å². The lowest BCUT2D eigenvalue weighted by atomic mass is 9.45. The van der Waals surface area contributed by atoms with Crippen LogP contribution in [0.3, 0.4) is 0 Å². The first-order valence-corrected chi connectivity index (χ1v) is 16.6. The Bertz CT molecular complexity index is 3150. The van der Waals surface area contributed by atoms with E-state index in [1.807, 2.05) is 18.2 Å². The van der Waals surface area contributed by atoms with Crippen molar-refractivity contribution in [2.45, 2.75) is 6.92 Å². The van der Waals surface area contributed by atoms with Crippen molar-refractivity contribution in [1.29, 1.82) is 5.26 Å². The predicted molar refractivity (Wildman–Crippen MR) is 201 cm³/mol. The quantitative estimate of drug-likeness (QED) is 0.136. The van der Waals surface area contributed by atoms with E-state index in [2.05, 4.69) is 131 Å². The molecule has 0 N–H and O–H groups in total. The third kappa shape index (κ3) is 2.72. The molecule has 2 aliphatic rings. The number of nitrogens with zero attached hydrogens (tertiary/aromatic N) is 3. The van der Waals surface area contributed by atoms with E-state index in [1.165, 1.54) is 104 Å². The molecule has 2 aromatic heterocycles. The van der Waals surface area contributed by atoms with E-state index in [4.69, 9.17) is 0 Å². The lowest BCUT2D eigenvalue weighted by Crippen LogP contribution is -2.55. The second kappa shape index (κ2) is 8.34. The van der Waals surface area contributed by atoms with Crippen molar-refractivity contribution in [3.05, 3.63) is 139 Å². The molecule has 0 saturated carbocycles. The summed E-state index contributed by atoms with van der Waals surface area (Å²) in [6, 6.07) is 49.2. The van der Waals surface area contributed by atoms with Gasteiger partial charge in [-0.05, 0) is 92.0 Å². The lowest BCUT2D eigenvalue weighted by molar-refractivity contribution is 1.17. The molecule has 0 spiro atoms. The molecule has 0 saturated heterocycles. The number of fused-ring (bicyclic) bond motifs is 10. The van der Waals surface area contributed by atoms with Crippen LogP contribution in [-0.4, -0.2) is 15.9 Å². The third-order valence-electron chi connectivity index (χ3n) is 11.4. The van der Waals surface area contributed by atoms with E-state index in [0.29, 0.717) is 5.56 Å². The zero-order chi connectivity index (χ0) is 31.4. The highest BCUT2D eigenvalue weighted by atomic mass is 15.0. The number of benzene rings is 8. The second-order valence-corrected chi connectivity index (χ2v) is 13.6. The smallest absolute Gasteiger partial charge is 0.333 e. The van der Waals surface area contributed by atoms with Crippen molar-refractivity contribution in [2.75, 3.05) is 0 Å². The predicted octanol–water partition coefficient (Wildman–Crippen LogP) is 9.43. The molecule has 8 aromatic carbocycles. The molecule has 0 radical (unpaired) electrons. The summed E-state index contributed by atoms with van der Waals surface area (Å²) in [6.45, 7) is 2.29. The molecule has 0 fully saturated rings. The van der Waals surface area contributed by atoms with Gasteiger partial charge >= 0.3 is 6.85 Å². The molecule has 0 amide bonds. The molecule has 3 nitrogen and oxygen atoms in total. The first-order valence-electron chi connectivity index (χ1n) is 16.6. The molecule has 4 heterocycles. The minimum atomic E-state index is 0.00414. The number of hydrogen-bond donors (Lipinski definition) is 0. The van der Waals surface area contributed by atoms with Crippen LogP contribution in [0.4, 0.5) is 0 Å². The zero-order valence-electron chi connectivity index (χ0n) is 26.0. The number of para-hydroxylation sites is 1. The molecular formula is C44H24BN3. The van der Waals surface area contributed by atoms with Gasteiger partial charge in [0, 0.05) is 43.8 Å². The summed E-state index contributed by atoms with van der Waals surface area (Å²) < 4.78 is 5.21. The second-order valence-electron chi connectivity index (χ2n) is 13.6. The van der Waals surface area contributed by atoms with Crippen LogP contribution >= 0.6 is 0 Å². The molecule has 0 atom stereocenters. The number of aromatic nitrogens is 2. The van der Waals surface area contributed by atoms with Gasteiger partial charge in [0.25, 0.3) is 0 Å². The summed E-state index contributed by atoms with van der Waals surface area (Å²) in [4.78, 5) is 0. The number of hydrogen-bond acceptors (Lipinski definition) is 1. The van der Waals surface area contributed by atoms with E-state index in [0.717, 1.165) is 5.56 Å². The Hall–Kier alpha value is -6.31. The Balaban J connectivity index is 1.36. The maximum absolute atomic E-state index is 9.87. The van der Waals surface area contributed by atoms with Crippen molar-refractivity contribution in [1.82, 2.24) is 9.05 Å². The van der Waals surface area contributed by atoms with Gasteiger partial charge in [0.15, 0.2) is 0 Å². The fraction of sp³-hybridized carbons (Fsp3) is 0.0227. The molecule has 2 aliphatic heterocycles. The van der Waals surface area contributed by atoms with Crippen molar-refractivity contribution in [3.8, 4) is 34.0 Å². The van der Waals surface area contributed by atoms with E-state index < -0.39 is 0 Å². The Morgan fingerprint density at radius 3 is 2.29 bits per heavy atom. The highest BCUT2D eigenvalue weighted by molar-refractivity contribution is 6.90. The van der Waals surface area contributed by atoms with Gasteiger partial charge in [-0.1, -0.05) is 97.1 Å². The molecule has 0 bridgehead atoms. The maximum Gasteiger partial charge on any atom is 0.333 e. The fourth-order valence-corrected chi connectivity index (χ4v) is 9.61. The average molecular weight is 606 g/mol. The summed E-state index contributed by atoms with van der Waals surface area (Å²) in [5.74, 6) is 0. The van der Waals surface area contributed by atoms with Gasteiger partial charge in [-0.2, -0.15) is 5.26 Å². The summed E-state index contributed by atoms with van der Waals surface area (Å²) in [5, 5.41) is 20.3. The van der Waals surface area contributed by atoms with Gasteiger partial charge in [-0.15, -0.1) is 0 Å². The van der Waals surface area contributed by atoms with Crippen LogP contribution in [-0.2, 0) is 0 Å². The van der Waals surface area contributed by atoms with E-state index >= 15 is 0 Å². The maximum atomic E-state index is 9.87. The largest absolute Gasteiger partial charge is 0.375 e. The number of rotatable bonds is 1. The zero-order valence-corrected chi connectivity index (χ0v) is 26.0. The van der Waals surface area contributed by atoms with Crippen LogP contribution in [0.2, 0.25) is 0 Å². The van der Waals surface area contributed by atoms with Crippen molar-refractivity contribution < 1.29 is 0 Å². The summed E-state index contributed by atoms with van der Waals surface area (Å²) in [7, 11) is 0. The molecule has 0 aliphatic carbocycles. The van der Waals surface area contributed by atoms with Gasteiger partial charge in [-0.3, -0.25) is 0 Å². The van der Waals surface area contributed by atoms with Crippen LogP contribution in [0.25, 0.3) is 93.1 Å². The van der Waals surface area contributed by atoms with Crippen LogP contribution in [0.1, 0.15) is 11.1 Å². The summed E-state index contributed by atoms with van der Waals surface area (Å²) >= 11 is 0. The summed E-state index contributed by atoms with van der Waals surface area (Å²) in [6.07, 6.45) is 0. The van der Waals surface area contributed by atoms with Crippen LogP contribution < -0.4 is 10.9 Å². The van der Waals surface area contributed by atoms with E-state index in [-0.39, 0.29) is 6.85 Å². The standard InChI is InChI=1S/C44H24BN3/c1-24-33(29-10-4-7-25(21-29)23-46)22-37-42-38(24)31-12-6-13-32-41-30-11-3-2-8-26(30)18-20-36(41)48(43(31)32)45(42)34-19-17-28-16-15-27-9-5-14-35-39(27)40(28)44(34)47(35)37/h2-22H,1H3. The minimum Gasteiger partial charge on any atom is -0.375 e. The highest BCUT2D eigenvalue weighted by Gasteiger charge is 2.43. The molecule has 12 rings (SSSR count). The first kappa shape index (κ1) is 24.9. The summed E-state index contributed by atoms with van der Waals surface area (Å²) in [5.41, 5.74) is 15.8. The monoisotopic (exact) mass is 605 g/mol. The van der Waals surface area contributed by atoms with Gasteiger partial charge in [0.1, 0.15) is 0 Å². The van der Waals surface area contributed by atoms with Gasteiger partial charge < -0.3 is 9.05 Å². The van der Waals surface area contributed by atoms with Gasteiger partial charge in [0.2, 0.25) is 0 Å². The Kier molecular flexibility index (Phi) is 4.32. The lowest BCUT2D eigenvalue weighted by Gasteiger charge is -2.35. The Morgan fingerprint density at radius 1 is 0.604 bits per heavy atom. The average Bonchev–Trinajstić information content (AvgIpc) is 3.67. The van der Waals surface area contributed by atoms with E-state index in [9.17, 15) is 5.26 Å². The minimum absolute atomic E-state index is 0.00414. The van der Waals surface area contributed by atoms with Crippen LogP contribution in [0.5, 0.6) is 0 Å². The molecular weight excluding hydrogens is 581 g/mol. The van der Waals surface area contributed by atoms with Crippen molar-refractivity contribution >= 4 is 82.9 Å². The normalized spacial score (nSPS) is 13.0. The molecule has 48 heavy (non-hydrogen) atoms. The van der Waals surface area contributed by atoms with E-state index in [1.54, 1.807) is 0 Å². The number of nitriles is 1. The molecule has 10 aromatic rings. The topological polar surface area (TPSA) is 33.6 Å². The van der Waals surface area contributed by atoms with Crippen molar-refractivity contribution in [2.24, 2.45) is 0 Å². The SMILES string of the molecule is Cc1c(-c2cccc(C#N)c2)cc2c3c1-c1cccc4c5c6ccccc6ccc5n(c14)B3c1ccc3ccc4cccc5c4c3c1n5-2. The molecule has 218 valence electrons. The molecule has 0 unspecified atom stereocenters. The fourth-order valence-electron chi connectivity index (χ4n) is 9.61. The van der Waals surface area contributed by atoms with Crippen LogP contribution in [0, 0.1) is 18.3 Å². The van der Waals surface area contributed by atoms with Crippen molar-refractivity contribution in [3.63, 3.8) is 0 Å². The Labute approximate surface area is 275 Å². The Morgan fingerprint density at radius 2 is 1.38 bits per heavy atom. The molecule has 4 heteroatoms. The highest BCUT2D eigenvalue weighted by Crippen LogP contribution is 2.48.